The van der Waals surface area contributed by atoms with Crippen LogP contribution in [0.5, 0.6) is 0 Å². The Morgan fingerprint density at radius 2 is 2.11 bits per heavy atom. The molecule has 2 rings (SSSR count). The number of nitrogens with one attached hydrogen (secondary N) is 2. The fourth-order valence-electron chi connectivity index (χ4n) is 2.64. The van der Waals surface area contributed by atoms with E-state index in [9.17, 15) is 9.18 Å². The van der Waals surface area contributed by atoms with Gasteiger partial charge in [-0.15, -0.1) is 0 Å². The van der Waals surface area contributed by atoms with Crippen LogP contribution in [-0.4, -0.2) is 11.9 Å². The fourth-order valence-corrected chi connectivity index (χ4v) is 2.64. The molecule has 0 heterocycles. The molecule has 1 aromatic carbocycles. The van der Waals surface area contributed by atoms with Crippen molar-refractivity contribution < 1.29 is 9.18 Å². The van der Waals surface area contributed by atoms with Gasteiger partial charge >= 0.3 is 0 Å². The Balaban J connectivity index is 2.13. The molecule has 0 aromatic heterocycles. The topological polar surface area (TPSA) is 67.2 Å². The zero-order valence-electron chi connectivity index (χ0n) is 11.1. The van der Waals surface area contributed by atoms with Gasteiger partial charge in [-0.25, -0.2) is 4.39 Å². The number of amides is 1. The second kappa shape index (κ2) is 6.02. The highest BCUT2D eigenvalue weighted by molar-refractivity contribution is 5.99. The molecule has 19 heavy (non-hydrogen) atoms. The standard InChI is InChI=1S/C14H20FN3O/c1-9-5-2-3-8-12(9)17-14(19)10-6-4-7-11(15)13(10)18-16/h4,6-7,9,12,18H,2-3,5,8,16H2,1H3,(H,17,19). The van der Waals surface area contributed by atoms with Crippen molar-refractivity contribution in [1.82, 2.24) is 5.32 Å². The number of anilines is 1. The van der Waals surface area contributed by atoms with Gasteiger partial charge in [0.15, 0.2) is 0 Å². The van der Waals surface area contributed by atoms with Gasteiger partial charge in [0.25, 0.3) is 5.91 Å². The number of carbonyl (C=O) groups is 1. The van der Waals surface area contributed by atoms with Gasteiger partial charge in [0.05, 0.1) is 11.3 Å². The van der Waals surface area contributed by atoms with Gasteiger partial charge in [-0.05, 0) is 30.9 Å². The van der Waals surface area contributed by atoms with Crippen LogP contribution in [0.25, 0.3) is 0 Å². The van der Waals surface area contributed by atoms with E-state index in [1.165, 1.54) is 18.6 Å². The Labute approximate surface area is 112 Å². The quantitative estimate of drug-likeness (QED) is 0.581. The number of para-hydroxylation sites is 1. The SMILES string of the molecule is CC1CCCCC1NC(=O)c1cccc(F)c1NN. The van der Waals surface area contributed by atoms with Crippen LogP contribution in [0, 0.1) is 11.7 Å². The molecule has 104 valence electrons. The summed E-state index contributed by atoms with van der Waals surface area (Å²) in [7, 11) is 0. The molecule has 5 heteroatoms. The van der Waals surface area contributed by atoms with Crippen LogP contribution in [0.15, 0.2) is 18.2 Å². The summed E-state index contributed by atoms with van der Waals surface area (Å²) in [6, 6.07) is 4.52. The van der Waals surface area contributed by atoms with E-state index in [0.717, 1.165) is 19.3 Å². The summed E-state index contributed by atoms with van der Waals surface area (Å²) in [5.74, 6) is 4.95. The van der Waals surface area contributed by atoms with Crippen LogP contribution in [0.4, 0.5) is 10.1 Å². The third-order valence-corrected chi connectivity index (χ3v) is 3.83. The van der Waals surface area contributed by atoms with Crippen LogP contribution in [0.2, 0.25) is 0 Å². The molecular formula is C14H20FN3O. The van der Waals surface area contributed by atoms with Gasteiger partial charge in [0, 0.05) is 6.04 Å². The van der Waals surface area contributed by atoms with Gasteiger partial charge in [0.2, 0.25) is 0 Å². The molecule has 0 aliphatic heterocycles. The highest BCUT2D eigenvalue weighted by Gasteiger charge is 2.24. The number of hydrogen-bond donors (Lipinski definition) is 3. The number of hydrogen-bond acceptors (Lipinski definition) is 3. The molecule has 4 nitrogen and oxygen atoms in total. The first-order valence-electron chi connectivity index (χ1n) is 6.69. The lowest BCUT2D eigenvalue weighted by molar-refractivity contribution is 0.0910. The number of rotatable bonds is 3. The van der Waals surface area contributed by atoms with E-state index in [1.54, 1.807) is 6.07 Å². The average Bonchev–Trinajstić information content (AvgIpc) is 2.41. The van der Waals surface area contributed by atoms with Crippen molar-refractivity contribution in [3.8, 4) is 0 Å². The van der Waals surface area contributed by atoms with Crippen molar-refractivity contribution in [3.05, 3.63) is 29.6 Å². The molecule has 0 saturated heterocycles. The van der Waals surface area contributed by atoms with E-state index in [0.29, 0.717) is 5.92 Å². The summed E-state index contributed by atoms with van der Waals surface area (Å²) in [5.41, 5.74) is 2.55. The normalized spacial score (nSPS) is 22.9. The third kappa shape index (κ3) is 3.04. The summed E-state index contributed by atoms with van der Waals surface area (Å²) < 4.78 is 13.5. The van der Waals surface area contributed by atoms with E-state index < -0.39 is 5.82 Å². The highest BCUT2D eigenvalue weighted by Crippen LogP contribution is 2.25. The van der Waals surface area contributed by atoms with E-state index in [-0.39, 0.29) is 23.2 Å². The van der Waals surface area contributed by atoms with Crippen LogP contribution in [-0.2, 0) is 0 Å². The Morgan fingerprint density at radius 3 is 2.79 bits per heavy atom. The molecule has 2 unspecified atom stereocenters. The zero-order valence-corrected chi connectivity index (χ0v) is 11.1. The van der Waals surface area contributed by atoms with Gasteiger partial charge in [0.1, 0.15) is 5.82 Å². The molecular weight excluding hydrogens is 245 g/mol. The maximum atomic E-state index is 13.5. The van der Waals surface area contributed by atoms with E-state index in [1.807, 2.05) is 0 Å². The minimum Gasteiger partial charge on any atom is -0.349 e. The van der Waals surface area contributed by atoms with Crippen molar-refractivity contribution in [2.24, 2.45) is 11.8 Å². The number of halogens is 1. The molecule has 1 fully saturated rings. The molecule has 0 bridgehead atoms. The molecule has 0 spiro atoms. The number of hydrazine groups is 1. The summed E-state index contributed by atoms with van der Waals surface area (Å²) >= 11 is 0. The van der Waals surface area contributed by atoms with Crippen molar-refractivity contribution in [2.45, 2.75) is 38.6 Å². The lowest BCUT2D eigenvalue weighted by Crippen LogP contribution is -2.41. The molecule has 1 aromatic rings. The summed E-state index contributed by atoms with van der Waals surface area (Å²) in [5, 5.41) is 2.99. The van der Waals surface area contributed by atoms with E-state index in [4.69, 9.17) is 5.84 Å². The highest BCUT2D eigenvalue weighted by atomic mass is 19.1. The molecule has 1 saturated carbocycles. The zero-order chi connectivity index (χ0) is 13.8. The Kier molecular flexibility index (Phi) is 4.37. The van der Waals surface area contributed by atoms with Gasteiger partial charge in [-0.1, -0.05) is 25.8 Å². The van der Waals surface area contributed by atoms with Crippen molar-refractivity contribution >= 4 is 11.6 Å². The third-order valence-electron chi connectivity index (χ3n) is 3.83. The smallest absolute Gasteiger partial charge is 0.253 e. The minimum atomic E-state index is -0.521. The maximum Gasteiger partial charge on any atom is 0.253 e. The summed E-state index contributed by atoms with van der Waals surface area (Å²) in [4.78, 5) is 12.2. The molecule has 1 amide bonds. The monoisotopic (exact) mass is 265 g/mol. The first-order chi connectivity index (χ1) is 9.13. The molecule has 0 radical (unpaired) electrons. The Bertz CT molecular complexity index is 464. The van der Waals surface area contributed by atoms with Crippen LogP contribution in [0.3, 0.4) is 0 Å². The average molecular weight is 265 g/mol. The maximum absolute atomic E-state index is 13.5. The predicted octanol–water partition coefficient (Wildman–Crippen LogP) is 2.42. The van der Waals surface area contributed by atoms with Crippen molar-refractivity contribution in [2.75, 3.05) is 5.43 Å². The lowest BCUT2D eigenvalue weighted by Gasteiger charge is -2.29. The lowest BCUT2D eigenvalue weighted by atomic mass is 9.86. The number of carbonyl (C=O) groups excluding carboxylic acids is 1. The van der Waals surface area contributed by atoms with Crippen LogP contribution >= 0.6 is 0 Å². The molecule has 2 atom stereocenters. The first-order valence-corrected chi connectivity index (χ1v) is 6.69. The largest absolute Gasteiger partial charge is 0.349 e. The molecule has 1 aliphatic carbocycles. The second-order valence-electron chi connectivity index (χ2n) is 5.15. The minimum absolute atomic E-state index is 0.0449. The number of nitrogen functional groups attached to an aromatic ring is 1. The van der Waals surface area contributed by atoms with Gasteiger partial charge < -0.3 is 10.7 Å². The van der Waals surface area contributed by atoms with Crippen LogP contribution < -0.4 is 16.6 Å². The molecule has 1 aliphatic rings. The van der Waals surface area contributed by atoms with Crippen LogP contribution in [0.1, 0.15) is 43.0 Å². The Hall–Kier alpha value is -1.62. The summed E-state index contributed by atoms with van der Waals surface area (Å²) in [6.07, 6.45) is 4.44. The summed E-state index contributed by atoms with van der Waals surface area (Å²) in [6.45, 7) is 2.14. The first kappa shape index (κ1) is 13.8. The number of nitrogens with two attached hydrogens (primary N) is 1. The predicted molar refractivity (Wildman–Crippen MR) is 73.1 cm³/mol. The fraction of sp³-hybridized carbons (Fsp3) is 0.500. The Morgan fingerprint density at radius 1 is 1.37 bits per heavy atom. The van der Waals surface area contributed by atoms with Gasteiger partial charge in [-0.2, -0.15) is 0 Å². The number of benzene rings is 1. The van der Waals surface area contributed by atoms with Crippen molar-refractivity contribution in [3.63, 3.8) is 0 Å². The van der Waals surface area contributed by atoms with E-state index >= 15 is 0 Å². The second-order valence-corrected chi connectivity index (χ2v) is 5.15. The van der Waals surface area contributed by atoms with E-state index in [2.05, 4.69) is 17.7 Å². The van der Waals surface area contributed by atoms with Crippen molar-refractivity contribution in [1.29, 1.82) is 0 Å². The van der Waals surface area contributed by atoms with Gasteiger partial charge in [-0.3, -0.25) is 10.6 Å². The molecule has 4 N–H and O–H groups in total.